The fraction of sp³-hybridized carbons (Fsp3) is 0.385. The minimum atomic E-state index is -0.539. The Morgan fingerprint density at radius 2 is 1.73 bits per heavy atom. The van der Waals surface area contributed by atoms with E-state index < -0.39 is 5.92 Å². The molecule has 0 saturated carbocycles. The van der Waals surface area contributed by atoms with Crippen molar-refractivity contribution in [3.8, 4) is 0 Å². The molecule has 8 nitrogen and oxygen atoms in total. The zero-order valence-corrected chi connectivity index (χ0v) is 30.5. The van der Waals surface area contributed by atoms with E-state index in [2.05, 4.69) is 53.3 Å². The SMILES string of the molecule is C=Cc1c2[n-]c(c1C)/C=C1\[N-]/C(=C3\c4[n-]c(c(C)c4C[C@@H]3C(=O)OC)/C=c3\[n-]/c(c(C)c3CC)=C\2)[C@@H](CCC(=O)OC/C=C\C)[C@@H]1C.[Mg+2]. The van der Waals surface area contributed by atoms with Crippen LogP contribution >= 0.6 is 0 Å². The molecule has 48 heavy (non-hydrogen) atoms. The average molecular weight is 655 g/mol. The molecule has 8 bridgehead atoms. The van der Waals surface area contributed by atoms with Crippen LogP contribution in [0.4, 0.5) is 0 Å². The minimum absolute atomic E-state index is 0. The summed E-state index contributed by atoms with van der Waals surface area (Å²) < 4.78 is 10.8. The molecule has 0 N–H and O–H groups in total. The van der Waals surface area contributed by atoms with E-state index in [0.717, 1.165) is 84.7 Å². The summed E-state index contributed by atoms with van der Waals surface area (Å²) in [5.41, 5.74) is 12.0. The van der Waals surface area contributed by atoms with E-state index in [1.807, 2.05) is 31.2 Å². The van der Waals surface area contributed by atoms with Crippen molar-refractivity contribution in [2.45, 2.75) is 67.2 Å². The van der Waals surface area contributed by atoms with Crippen LogP contribution in [0.3, 0.4) is 0 Å². The molecular weight excluding hydrogens is 613 g/mol. The Bertz CT molecular complexity index is 2000. The van der Waals surface area contributed by atoms with E-state index in [1.165, 1.54) is 12.7 Å². The van der Waals surface area contributed by atoms with Gasteiger partial charge in [-0.2, -0.15) is 11.4 Å². The summed E-state index contributed by atoms with van der Waals surface area (Å²) in [6.07, 6.45) is 13.7. The summed E-state index contributed by atoms with van der Waals surface area (Å²) in [7, 11) is 1.42. The Morgan fingerprint density at radius 3 is 2.42 bits per heavy atom. The third kappa shape index (κ3) is 6.07. The normalized spacial score (nSPS) is 23.3. The molecule has 6 rings (SSSR count). The van der Waals surface area contributed by atoms with E-state index in [9.17, 15) is 9.59 Å². The maximum absolute atomic E-state index is 13.4. The first-order valence-corrected chi connectivity index (χ1v) is 16.4. The summed E-state index contributed by atoms with van der Waals surface area (Å²) in [5, 5.41) is 7.03. The van der Waals surface area contributed by atoms with Gasteiger partial charge in [0.25, 0.3) is 0 Å². The third-order valence-corrected chi connectivity index (χ3v) is 10.1. The molecule has 3 aromatic heterocycles. The van der Waals surface area contributed by atoms with Crippen LogP contribution in [0.15, 0.2) is 30.1 Å². The first-order chi connectivity index (χ1) is 22.6. The molecule has 2 aliphatic heterocycles. The first-order valence-electron chi connectivity index (χ1n) is 16.4. The number of allylic oxidation sites excluding steroid dienone is 3. The molecule has 3 aromatic rings. The maximum atomic E-state index is 13.4. The Kier molecular flexibility index (Phi) is 10.5. The van der Waals surface area contributed by atoms with Crippen LogP contribution < -0.4 is 25.7 Å². The van der Waals surface area contributed by atoms with Crippen LogP contribution in [0, 0.1) is 38.5 Å². The summed E-state index contributed by atoms with van der Waals surface area (Å²) in [4.78, 5) is 41.5. The molecule has 0 spiro atoms. The quantitative estimate of drug-likeness (QED) is 0.193. The van der Waals surface area contributed by atoms with Gasteiger partial charge in [-0.1, -0.05) is 90.3 Å². The molecule has 3 atom stereocenters. The van der Waals surface area contributed by atoms with Crippen LogP contribution in [0.5, 0.6) is 0 Å². The molecule has 9 heteroatoms. The zero-order valence-electron chi connectivity index (χ0n) is 29.1. The summed E-state index contributed by atoms with van der Waals surface area (Å²) >= 11 is 0. The number of hydrogen-bond donors (Lipinski definition) is 0. The van der Waals surface area contributed by atoms with Crippen molar-refractivity contribution in [3.63, 3.8) is 0 Å². The molecule has 0 unspecified atom stereocenters. The number of ether oxygens (including phenoxy) is 2. The number of methoxy groups -OCH3 is 1. The van der Waals surface area contributed by atoms with Gasteiger partial charge in [0.2, 0.25) is 0 Å². The van der Waals surface area contributed by atoms with E-state index in [1.54, 1.807) is 0 Å². The Morgan fingerprint density at radius 1 is 1.00 bits per heavy atom. The van der Waals surface area contributed by atoms with Gasteiger partial charge in [-0.3, -0.25) is 9.59 Å². The molecule has 3 aliphatic rings. The van der Waals surface area contributed by atoms with Gasteiger partial charge < -0.3 is 29.7 Å². The topological polar surface area (TPSA) is 109 Å². The van der Waals surface area contributed by atoms with Gasteiger partial charge in [0.1, 0.15) is 6.61 Å². The van der Waals surface area contributed by atoms with Gasteiger partial charge in [-0.15, -0.1) is 33.5 Å². The maximum Gasteiger partial charge on any atom is 2.00 e. The molecule has 0 aromatic carbocycles. The summed E-state index contributed by atoms with van der Waals surface area (Å²) in [5.74, 6) is -1.31. The molecular formula is C39H42MgN4O4-2. The number of carbonyl (C=O) groups excluding carboxylic acids is 2. The Balaban J connectivity index is 0.00000451. The van der Waals surface area contributed by atoms with Crippen molar-refractivity contribution in [1.82, 2.24) is 15.0 Å². The van der Waals surface area contributed by atoms with Gasteiger partial charge in [0.05, 0.1) is 13.0 Å². The molecule has 1 saturated heterocycles. The van der Waals surface area contributed by atoms with Gasteiger partial charge >= 0.3 is 35.0 Å². The van der Waals surface area contributed by atoms with Crippen molar-refractivity contribution in [3.05, 3.63) is 102 Å². The van der Waals surface area contributed by atoms with Crippen molar-refractivity contribution < 1.29 is 19.1 Å². The van der Waals surface area contributed by atoms with Crippen LogP contribution in [0.25, 0.3) is 35.2 Å². The van der Waals surface area contributed by atoms with Crippen molar-refractivity contribution in [2.24, 2.45) is 17.8 Å². The van der Waals surface area contributed by atoms with E-state index in [-0.39, 0.29) is 59.9 Å². The van der Waals surface area contributed by atoms with Crippen molar-refractivity contribution >= 4 is 64.9 Å². The van der Waals surface area contributed by atoms with E-state index in [0.29, 0.717) is 12.8 Å². The van der Waals surface area contributed by atoms with Gasteiger partial charge in [0, 0.05) is 6.42 Å². The number of carbonyl (C=O) groups is 2. The fourth-order valence-electron chi connectivity index (χ4n) is 7.34. The molecule has 0 radical (unpaired) electrons. The van der Waals surface area contributed by atoms with Gasteiger partial charge in [-0.05, 0) is 64.4 Å². The average Bonchev–Trinajstić information content (AvgIpc) is 3.81. The molecule has 5 heterocycles. The Hall–Kier alpha value is -3.95. The van der Waals surface area contributed by atoms with Gasteiger partial charge in [0.15, 0.2) is 0 Å². The second kappa shape index (κ2) is 14.3. The fourth-order valence-corrected chi connectivity index (χ4v) is 7.34. The van der Waals surface area contributed by atoms with Crippen molar-refractivity contribution in [1.29, 1.82) is 0 Å². The largest absolute Gasteiger partial charge is 2.00 e. The van der Waals surface area contributed by atoms with Crippen LogP contribution in [-0.2, 0) is 31.9 Å². The predicted molar refractivity (Wildman–Crippen MR) is 190 cm³/mol. The third-order valence-electron chi connectivity index (χ3n) is 10.1. The Labute approximate surface area is 298 Å². The summed E-state index contributed by atoms with van der Waals surface area (Å²) in [6, 6.07) is 0. The first kappa shape index (κ1) is 35.4. The minimum Gasteiger partial charge on any atom is -0.664 e. The van der Waals surface area contributed by atoms with Crippen LogP contribution in [0.1, 0.15) is 89.8 Å². The number of aromatic nitrogens is 3. The molecule has 0 amide bonds. The second-order valence-electron chi connectivity index (χ2n) is 12.6. The standard InChI is InChI=1S/C39H42N4O4.Mg/c1-9-12-15-47-35(44)14-13-26-22(6)31-17-29-20(4)24(10-2)33(40-29)18-30-21(5)25(11-3)34(41-30)19-32-23(7)27-16-28(39(45)46-8)36(37(26)42-31)38(27)43-32;/h9-10,12,17-19,22,26,28H,2,11,13-16H2,1,3-8H3;/q-4;+2/b12-9-,30-18-,31-17-,34-19-,37-36-;/t22-,26-,28-;/m0./s1. The van der Waals surface area contributed by atoms with E-state index in [4.69, 9.17) is 29.7 Å². The van der Waals surface area contributed by atoms with Crippen molar-refractivity contribution in [2.75, 3.05) is 13.7 Å². The number of nitrogens with zero attached hydrogens (tertiary/aromatic N) is 4. The summed E-state index contributed by atoms with van der Waals surface area (Å²) in [6.45, 7) is 16.7. The predicted octanol–water partition coefficient (Wildman–Crippen LogP) is 4.92. The number of rotatable bonds is 8. The molecule has 1 fully saturated rings. The zero-order chi connectivity index (χ0) is 33.6. The second-order valence-corrected chi connectivity index (χ2v) is 12.6. The van der Waals surface area contributed by atoms with Gasteiger partial charge in [-0.25, -0.2) is 0 Å². The number of fused-ring (bicyclic) bond motifs is 7. The monoisotopic (exact) mass is 654 g/mol. The number of esters is 2. The smallest absolute Gasteiger partial charge is 0.664 e. The number of hydrogen-bond acceptors (Lipinski definition) is 4. The van der Waals surface area contributed by atoms with Crippen LogP contribution in [0.2, 0.25) is 0 Å². The van der Waals surface area contributed by atoms with E-state index >= 15 is 0 Å². The molecule has 246 valence electrons. The molecule has 1 aliphatic carbocycles. The van der Waals surface area contributed by atoms with Crippen LogP contribution in [-0.4, -0.2) is 48.7 Å².